The molecule has 0 aliphatic heterocycles. The van der Waals surface area contributed by atoms with E-state index in [2.05, 4.69) is 23.0 Å². The van der Waals surface area contributed by atoms with Gasteiger partial charge < -0.3 is 24.5 Å². The smallest absolute Gasteiger partial charge is 0.0701 e. The van der Waals surface area contributed by atoms with Gasteiger partial charge in [-0.1, -0.05) is 0 Å². The number of methoxy groups -OCH3 is 1. The summed E-state index contributed by atoms with van der Waals surface area (Å²) in [7, 11) is 1.66. The van der Waals surface area contributed by atoms with Crippen molar-refractivity contribution in [2.24, 2.45) is 5.73 Å². The van der Waals surface area contributed by atoms with Gasteiger partial charge in [0.15, 0.2) is 0 Å². The zero-order valence-electron chi connectivity index (χ0n) is 12.0. The summed E-state index contributed by atoms with van der Waals surface area (Å²) in [6.07, 6.45) is 5.11. The molecule has 0 fully saturated rings. The highest BCUT2D eigenvalue weighted by Crippen LogP contribution is 2.03. The Bertz CT molecular complexity index is 326. The van der Waals surface area contributed by atoms with Crippen LogP contribution in [0.4, 0.5) is 0 Å². The first-order valence-corrected chi connectivity index (χ1v) is 6.77. The molecule has 1 heterocycles. The number of nitrogens with two attached hydrogens (primary N) is 1. The van der Waals surface area contributed by atoms with Gasteiger partial charge in [0, 0.05) is 32.1 Å². The van der Waals surface area contributed by atoms with Gasteiger partial charge in [-0.25, -0.2) is 0 Å². The molecule has 2 N–H and O–H groups in total. The fourth-order valence-electron chi connectivity index (χ4n) is 1.76. The lowest BCUT2D eigenvalue weighted by atomic mass is 10.1. The molecule has 1 atom stereocenters. The first kappa shape index (κ1) is 16.2. The highest BCUT2D eigenvalue weighted by molar-refractivity contribution is 5.11. The number of aromatic nitrogens is 1. The average Bonchev–Trinajstić information content (AvgIpc) is 2.79. The summed E-state index contributed by atoms with van der Waals surface area (Å²) in [6, 6.07) is 2.31. The van der Waals surface area contributed by atoms with Crippen LogP contribution >= 0.6 is 0 Å². The van der Waals surface area contributed by atoms with Gasteiger partial charge in [0.2, 0.25) is 0 Å². The van der Waals surface area contributed by atoms with E-state index in [0.717, 1.165) is 13.0 Å². The molecule has 1 aromatic heterocycles. The molecule has 110 valence electrons. The van der Waals surface area contributed by atoms with Crippen molar-refractivity contribution in [3.63, 3.8) is 0 Å². The van der Waals surface area contributed by atoms with Gasteiger partial charge in [-0.15, -0.1) is 0 Å². The van der Waals surface area contributed by atoms with Crippen LogP contribution in [-0.2, 0) is 27.2 Å². The Morgan fingerprint density at radius 1 is 1.16 bits per heavy atom. The van der Waals surface area contributed by atoms with Crippen molar-refractivity contribution in [1.82, 2.24) is 4.57 Å². The van der Waals surface area contributed by atoms with Crippen LogP contribution in [0, 0.1) is 0 Å². The van der Waals surface area contributed by atoms with E-state index < -0.39 is 0 Å². The van der Waals surface area contributed by atoms with Gasteiger partial charge in [0.1, 0.15) is 0 Å². The van der Waals surface area contributed by atoms with Crippen molar-refractivity contribution in [2.75, 3.05) is 40.1 Å². The minimum atomic E-state index is 0.205. The highest BCUT2D eigenvalue weighted by Gasteiger charge is 2.00. The lowest BCUT2D eigenvalue weighted by Gasteiger charge is -2.06. The third kappa shape index (κ3) is 8.00. The summed E-state index contributed by atoms with van der Waals surface area (Å²) < 4.78 is 17.8. The van der Waals surface area contributed by atoms with Crippen molar-refractivity contribution in [2.45, 2.75) is 25.9 Å². The summed E-state index contributed by atoms with van der Waals surface area (Å²) in [6.45, 7) is 6.06. The van der Waals surface area contributed by atoms with Crippen LogP contribution < -0.4 is 5.73 Å². The number of nitrogens with zero attached hydrogens (tertiary/aromatic N) is 1. The van der Waals surface area contributed by atoms with Gasteiger partial charge in [0.25, 0.3) is 0 Å². The van der Waals surface area contributed by atoms with Crippen LogP contribution in [0.2, 0.25) is 0 Å². The van der Waals surface area contributed by atoms with E-state index in [0.29, 0.717) is 33.0 Å². The minimum absolute atomic E-state index is 0.205. The maximum atomic E-state index is 5.77. The Balaban J connectivity index is 2.01. The molecule has 1 unspecified atom stereocenters. The second-order valence-corrected chi connectivity index (χ2v) is 4.66. The first-order valence-electron chi connectivity index (χ1n) is 6.77. The van der Waals surface area contributed by atoms with E-state index >= 15 is 0 Å². The maximum absolute atomic E-state index is 5.77. The number of ether oxygens (including phenoxy) is 3. The Morgan fingerprint density at radius 3 is 2.53 bits per heavy atom. The van der Waals surface area contributed by atoms with Crippen LogP contribution in [0.1, 0.15) is 12.5 Å². The predicted molar refractivity (Wildman–Crippen MR) is 75.3 cm³/mol. The van der Waals surface area contributed by atoms with Gasteiger partial charge in [-0.05, 0) is 25.0 Å². The van der Waals surface area contributed by atoms with E-state index in [1.807, 2.05) is 6.92 Å². The predicted octanol–water partition coefficient (Wildman–Crippen LogP) is 1.06. The van der Waals surface area contributed by atoms with Crippen molar-refractivity contribution < 1.29 is 14.2 Å². The monoisotopic (exact) mass is 270 g/mol. The van der Waals surface area contributed by atoms with Crippen molar-refractivity contribution in [1.29, 1.82) is 0 Å². The summed E-state index contributed by atoms with van der Waals surface area (Å²) >= 11 is 0. The third-order valence-corrected chi connectivity index (χ3v) is 2.67. The summed E-state index contributed by atoms with van der Waals surface area (Å²) in [4.78, 5) is 0. The van der Waals surface area contributed by atoms with Gasteiger partial charge >= 0.3 is 0 Å². The molecule has 0 saturated carbocycles. The highest BCUT2D eigenvalue weighted by atomic mass is 16.5. The normalized spacial score (nSPS) is 12.8. The lowest BCUT2D eigenvalue weighted by molar-refractivity contribution is 0.0230. The molecular weight excluding hydrogens is 244 g/mol. The third-order valence-electron chi connectivity index (χ3n) is 2.67. The topological polar surface area (TPSA) is 58.6 Å². The molecular formula is C14H26N2O3. The SMILES string of the molecule is COCCOCCOCCn1ccc(CC(C)N)c1. The molecule has 5 nitrogen and oxygen atoms in total. The van der Waals surface area contributed by atoms with Gasteiger partial charge in [-0.3, -0.25) is 0 Å². The fourth-order valence-corrected chi connectivity index (χ4v) is 1.76. The van der Waals surface area contributed by atoms with E-state index in [-0.39, 0.29) is 6.04 Å². The van der Waals surface area contributed by atoms with Crippen LogP contribution in [0.5, 0.6) is 0 Å². The standard InChI is InChI=1S/C14H26N2O3/c1-13(15)11-14-3-4-16(12-14)5-6-18-9-10-19-8-7-17-2/h3-4,12-13H,5-11,15H2,1-2H3. The Morgan fingerprint density at radius 2 is 1.84 bits per heavy atom. The molecule has 0 radical (unpaired) electrons. The molecule has 19 heavy (non-hydrogen) atoms. The van der Waals surface area contributed by atoms with Crippen LogP contribution in [-0.4, -0.2) is 50.8 Å². The second kappa shape index (κ2) is 9.97. The van der Waals surface area contributed by atoms with E-state index in [1.54, 1.807) is 7.11 Å². The minimum Gasteiger partial charge on any atom is -0.382 e. The Hall–Kier alpha value is -0.880. The Labute approximate surface area is 115 Å². The molecule has 1 aromatic rings. The van der Waals surface area contributed by atoms with E-state index in [4.69, 9.17) is 19.9 Å². The number of rotatable bonds is 11. The Kier molecular flexibility index (Phi) is 8.49. The molecule has 0 spiro atoms. The second-order valence-electron chi connectivity index (χ2n) is 4.66. The van der Waals surface area contributed by atoms with Crippen molar-refractivity contribution in [3.8, 4) is 0 Å². The summed E-state index contributed by atoms with van der Waals surface area (Å²) in [5.74, 6) is 0. The molecule has 0 aromatic carbocycles. The molecule has 0 saturated heterocycles. The van der Waals surface area contributed by atoms with Crippen LogP contribution in [0.15, 0.2) is 18.5 Å². The molecule has 5 heteroatoms. The van der Waals surface area contributed by atoms with Crippen LogP contribution in [0.25, 0.3) is 0 Å². The van der Waals surface area contributed by atoms with E-state index in [1.165, 1.54) is 5.56 Å². The zero-order chi connectivity index (χ0) is 13.9. The molecule has 0 bridgehead atoms. The fraction of sp³-hybridized carbons (Fsp3) is 0.714. The molecule has 0 amide bonds. The first-order chi connectivity index (χ1) is 9.22. The van der Waals surface area contributed by atoms with Crippen molar-refractivity contribution >= 4 is 0 Å². The number of hydrogen-bond acceptors (Lipinski definition) is 4. The quantitative estimate of drug-likeness (QED) is 0.611. The van der Waals surface area contributed by atoms with Crippen molar-refractivity contribution in [3.05, 3.63) is 24.0 Å². The van der Waals surface area contributed by atoms with Crippen LogP contribution in [0.3, 0.4) is 0 Å². The average molecular weight is 270 g/mol. The molecule has 1 rings (SSSR count). The van der Waals surface area contributed by atoms with Gasteiger partial charge in [0.05, 0.1) is 33.0 Å². The van der Waals surface area contributed by atoms with Gasteiger partial charge in [-0.2, -0.15) is 0 Å². The largest absolute Gasteiger partial charge is 0.382 e. The summed E-state index contributed by atoms with van der Waals surface area (Å²) in [5, 5.41) is 0. The van der Waals surface area contributed by atoms with E-state index in [9.17, 15) is 0 Å². The zero-order valence-corrected chi connectivity index (χ0v) is 12.0. The number of hydrogen-bond donors (Lipinski definition) is 1. The maximum Gasteiger partial charge on any atom is 0.0701 e. The molecule has 0 aliphatic carbocycles. The lowest BCUT2D eigenvalue weighted by Crippen LogP contribution is -2.17. The summed E-state index contributed by atoms with van der Waals surface area (Å²) in [5.41, 5.74) is 7.04. The molecule has 0 aliphatic rings.